The molecule has 0 spiro atoms. The first-order chi connectivity index (χ1) is 9.28. The van der Waals surface area contributed by atoms with Crippen molar-refractivity contribution in [2.75, 3.05) is 21.3 Å². The Morgan fingerprint density at radius 1 is 1.00 bits per heavy atom. The van der Waals surface area contributed by atoms with Crippen LogP contribution in [-0.2, 0) is 6.54 Å². The van der Waals surface area contributed by atoms with Gasteiger partial charge in [-0.3, -0.25) is 0 Å². The predicted octanol–water partition coefficient (Wildman–Crippen LogP) is 2.52. The van der Waals surface area contributed by atoms with E-state index in [1.54, 1.807) is 21.3 Å². The monoisotopic (exact) mass is 263 g/mol. The Balaban J connectivity index is 2.16. The van der Waals surface area contributed by atoms with Gasteiger partial charge in [0.25, 0.3) is 0 Å². The van der Waals surface area contributed by atoms with E-state index in [0.717, 1.165) is 42.2 Å². The highest BCUT2D eigenvalue weighted by atomic mass is 16.5. The second-order valence-corrected chi connectivity index (χ2v) is 4.53. The Morgan fingerprint density at radius 3 is 2.05 bits per heavy atom. The highest BCUT2D eigenvalue weighted by Crippen LogP contribution is 2.34. The molecule has 1 aliphatic rings. The van der Waals surface area contributed by atoms with Crippen LogP contribution in [0, 0.1) is 0 Å². The van der Waals surface area contributed by atoms with Gasteiger partial charge in [-0.25, -0.2) is 0 Å². The fourth-order valence-electron chi connectivity index (χ4n) is 2.28. The molecule has 2 rings (SSSR count). The summed E-state index contributed by atoms with van der Waals surface area (Å²) in [6.07, 6.45) is 6.59. The normalized spacial score (nSPS) is 14.7. The lowest BCUT2D eigenvalue weighted by Gasteiger charge is -2.18. The average molecular weight is 263 g/mol. The summed E-state index contributed by atoms with van der Waals surface area (Å²) >= 11 is 0. The Hall–Kier alpha value is -1.68. The fraction of sp³-hybridized carbons (Fsp3) is 0.467. The SMILES string of the molecule is COc1cc(OC)c(CNC2CC=CC2)c(OC)c1. The molecule has 0 amide bonds. The zero-order valence-electron chi connectivity index (χ0n) is 11.7. The molecule has 0 fully saturated rings. The van der Waals surface area contributed by atoms with Gasteiger partial charge in [0.15, 0.2) is 0 Å². The number of hydrogen-bond donors (Lipinski definition) is 1. The maximum Gasteiger partial charge on any atom is 0.130 e. The molecule has 4 heteroatoms. The number of methoxy groups -OCH3 is 3. The quantitative estimate of drug-likeness (QED) is 0.801. The smallest absolute Gasteiger partial charge is 0.130 e. The van der Waals surface area contributed by atoms with E-state index in [9.17, 15) is 0 Å². The third-order valence-electron chi connectivity index (χ3n) is 3.39. The molecule has 19 heavy (non-hydrogen) atoms. The largest absolute Gasteiger partial charge is 0.496 e. The van der Waals surface area contributed by atoms with E-state index in [-0.39, 0.29) is 0 Å². The average Bonchev–Trinajstić information content (AvgIpc) is 2.97. The molecule has 0 radical (unpaired) electrons. The van der Waals surface area contributed by atoms with Crippen molar-refractivity contribution in [3.8, 4) is 17.2 Å². The molecule has 4 nitrogen and oxygen atoms in total. The van der Waals surface area contributed by atoms with Crippen molar-refractivity contribution in [3.05, 3.63) is 29.8 Å². The lowest BCUT2D eigenvalue weighted by Crippen LogP contribution is -2.26. The molecule has 1 N–H and O–H groups in total. The standard InChI is InChI=1S/C15H21NO3/c1-17-12-8-14(18-2)13(15(9-12)19-3)10-16-11-6-4-5-7-11/h4-5,8-9,11,16H,6-7,10H2,1-3H3. The predicted molar refractivity (Wildman–Crippen MR) is 75.1 cm³/mol. The van der Waals surface area contributed by atoms with Gasteiger partial charge in [-0.05, 0) is 12.8 Å². The van der Waals surface area contributed by atoms with Crippen LogP contribution < -0.4 is 19.5 Å². The first kappa shape index (κ1) is 13.7. The van der Waals surface area contributed by atoms with Crippen molar-refractivity contribution < 1.29 is 14.2 Å². The maximum absolute atomic E-state index is 5.43. The summed E-state index contributed by atoms with van der Waals surface area (Å²) < 4.78 is 16.1. The molecule has 0 saturated heterocycles. The van der Waals surface area contributed by atoms with Crippen LogP contribution in [0.4, 0.5) is 0 Å². The van der Waals surface area contributed by atoms with Crippen LogP contribution >= 0.6 is 0 Å². The van der Waals surface area contributed by atoms with E-state index in [1.807, 2.05) is 12.1 Å². The first-order valence-electron chi connectivity index (χ1n) is 6.45. The lowest BCUT2D eigenvalue weighted by atomic mass is 10.1. The number of ether oxygens (including phenoxy) is 3. The Kier molecular flexibility index (Phi) is 4.68. The number of rotatable bonds is 6. The van der Waals surface area contributed by atoms with Crippen molar-refractivity contribution in [1.29, 1.82) is 0 Å². The molecule has 1 aliphatic carbocycles. The Bertz CT molecular complexity index is 424. The van der Waals surface area contributed by atoms with E-state index >= 15 is 0 Å². The van der Waals surface area contributed by atoms with Crippen molar-refractivity contribution in [1.82, 2.24) is 5.32 Å². The van der Waals surface area contributed by atoms with Gasteiger partial charge in [0.1, 0.15) is 17.2 Å². The molecule has 1 aromatic carbocycles. The topological polar surface area (TPSA) is 39.7 Å². The van der Waals surface area contributed by atoms with Crippen LogP contribution in [-0.4, -0.2) is 27.4 Å². The molecule has 0 saturated carbocycles. The maximum atomic E-state index is 5.43. The minimum atomic E-state index is 0.511. The van der Waals surface area contributed by atoms with Gasteiger partial charge in [0.2, 0.25) is 0 Å². The van der Waals surface area contributed by atoms with Gasteiger partial charge in [0, 0.05) is 24.7 Å². The fourth-order valence-corrected chi connectivity index (χ4v) is 2.28. The second kappa shape index (κ2) is 6.48. The summed E-state index contributed by atoms with van der Waals surface area (Å²) in [5.74, 6) is 2.31. The van der Waals surface area contributed by atoms with Crippen molar-refractivity contribution in [2.24, 2.45) is 0 Å². The van der Waals surface area contributed by atoms with Gasteiger partial charge < -0.3 is 19.5 Å². The van der Waals surface area contributed by atoms with Crippen LogP contribution in [0.5, 0.6) is 17.2 Å². The number of nitrogens with one attached hydrogen (secondary N) is 1. The number of benzene rings is 1. The molecule has 0 heterocycles. The lowest BCUT2D eigenvalue weighted by molar-refractivity contribution is 0.364. The summed E-state index contributed by atoms with van der Waals surface area (Å²) in [6, 6.07) is 4.27. The molecule has 1 aromatic rings. The van der Waals surface area contributed by atoms with Crippen LogP contribution in [0.1, 0.15) is 18.4 Å². The van der Waals surface area contributed by atoms with E-state index < -0.39 is 0 Å². The molecule has 104 valence electrons. The van der Waals surface area contributed by atoms with E-state index in [1.165, 1.54) is 0 Å². The van der Waals surface area contributed by atoms with Gasteiger partial charge >= 0.3 is 0 Å². The van der Waals surface area contributed by atoms with Crippen LogP contribution in [0.25, 0.3) is 0 Å². The van der Waals surface area contributed by atoms with Crippen LogP contribution in [0.15, 0.2) is 24.3 Å². The molecule has 0 aliphatic heterocycles. The highest BCUT2D eigenvalue weighted by Gasteiger charge is 2.15. The zero-order valence-corrected chi connectivity index (χ0v) is 11.7. The van der Waals surface area contributed by atoms with Crippen molar-refractivity contribution >= 4 is 0 Å². The van der Waals surface area contributed by atoms with Crippen molar-refractivity contribution in [2.45, 2.75) is 25.4 Å². The van der Waals surface area contributed by atoms with Crippen molar-refractivity contribution in [3.63, 3.8) is 0 Å². The van der Waals surface area contributed by atoms with E-state index in [4.69, 9.17) is 14.2 Å². The van der Waals surface area contributed by atoms with E-state index in [0.29, 0.717) is 6.04 Å². The number of hydrogen-bond acceptors (Lipinski definition) is 4. The molecule has 0 bridgehead atoms. The Labute approximate surface area is 114 Å². The summed E-state index contributed by atoms with van der Waals surface area (Å²) in [4.78, 5) is 0. The third-order valence-corrected chi connectivity index (χ3v) is 3.39. The highest BCUT2D eigenvalue weighted by molar-refractivity contribution is 5.50. The van der Waals surface area contributed by atoms with Gasteiger partial charge in [0.05, 0.1) is 26.9 Å². The molecule has 0 atom stereocenters. The second-order valence-electron chi connectivity index (χ2n) is 4.53. The molecular formula is C15H21NO3. The minimum absolute atomic E-state index is 0.511. The third kappa shape index (κ3) is 3.20. The molecule has 0 aromatic heterocycles. The summed E-state index contributed by atoms with van der Waals surface area (Å²) in [7, 11) is 4.96. The minimum Gasteiger partial charge on any atom is -0.496 e. The van der Waals surface area contributed by atoms with Gasteiger partial charge in [-0.1, -0.05) is 12.2 Å². The zero-order chi connectivity index (χ0) is 13.7. The van der Waals surface area contributed by atoms with Crippen LogP contribution in [0.3, 0.4) is 0 Å². The summed E-state index contributed by atoms with van der Waals surface area (Å²) in [5.41, 5.74) is 1.03. The van der Waals surface area contributed by atoms with Gasteiger partial charge in [-0.15, -0.1) is 0 Å². The molecular weight excluding hydrogens is 242 g/mol. The molecule has 0 unspecified atom stereocenters. The Morgan fingerprint density at radius 2 is 1.58 bits per heavy atom. The summed E-state index contributed by atoms with van der Waals surface area (Å²) in [6.45, 7) is 0.725. The first-order valence-corrected chi connectivity index (χ1v) is 6.45. The van der Waals surface area contributed by atoms with Gasteiger partial charge in [-0.2, -0.15) is 0 Å². The summed E-state index contributed by atoms with van der Waals surface area (Å²) in [5, 5.41) is 3.52. The van der Waals surface area contributed by atoms with E-state index in [2.05, 4.69) is 17.5 Å². The van der Waals surface area contributed by atoms with Crippen LogP contribution in [0.2, 0.25) is 0 Å².